The largest absolute Gasteiger partial charge is 0.493 e. The van der Waals surface area contributed by atoms with Crippen LogP contribution in [0, 0.1) is 18.8 Å². The van der Waals surface area contributed by atoms with Crippen molar-refractivity contribution in [1.82, 2.24) is 9.80 Å². The minimum absolute atomic E-state index is 0.255. The Morgan fingerprint density at radius 2 is 1.80 bits per heavy atom. The number of rotatable bonds is 6. The molecule has 160 valence electrons. The third-order valence-electron chi connectivity index (χ3n) is 6.83. The maximum atomic E-state index is 13.0. The van der Waals surface area contributed by atoms with Gasteiger partial charge in [-0.1, -0.05) is 30.3 Å². The maximum absolute atomic E-state index is 13.0. The van der Waals surface area contributed by atoms with Crippen molar-refractivity contribution in [3.8, 4) is 11.5 Å². The molecule has 0 N–H and O–H groups in total. The molecule has 0 aliphatic carbocycles. The fourth-order valence-electron chi connectivity index (χ4n) is 5.29. The van der Waals surface area contributed by atoms with Crippen molar-refractivity contribution in [3.63, 3.8) is 0 Å². The number of hydrogen-bond donors (Lipinski definition) is 0. The van der Waals surface area contributed by atoms with Crippen molar-refractivity contribution >= 4 is 5.91 Å². The van der Waals surface area contributed by atoms with Crippen molar-refractivity contribution < 1.29 is 14.3 Å². The Labute approximate surface area is 179 Å². The zero-order valence-electron chi connectivity index (χ0n) is 18.4. The number of ether oxygens (including phenoxy) is 2. The normalized spacial score (nSPS) is 23.5. The van der Waals surface area contributed by atoms with E-state index in [-0.39, 0.29) is 5.91 Å². The van der Waals surface area contributed by atoms with E-state index in [1.807, 2.05) is 18.2 Å². The fraction of sp³-hybridized carbons (Fsp3) is 0.480. The SMILES string of the molecule is COc1ccc(CCC(=O)N2C[C@@H]3CN(C)[C@@H](c4ccccc4C)[C@@H]3C2)cc1OC. The molecule has 2 aromatic rings. The number of nitrogens with zero attached hydrogens (tertiary/aromatic N) is 2. The summed E-state index contributed by atoms with van der Waals surface area (Å²) in [5.41, 5.74) is 3.85. The van der Waals surface area contributed by atoms with Crippen molar-refractivity contribution in [1.29, 1.82) is 0 Å². The number of amides is 1. The van der Waals surface area contributed by atoms with Gasteiger partial charge in [-0.15, -0.1) is 0 Å². The molecule has 0 spiro atoms. The highest BCUT2D eigenvalue weighted by molar-refractivity contribution is 5.77. The van der Waals surface area contributed by atoms with Crippen molar-refractivity contribution in [3.05, 3.63) is 59.2 Å². The van der Waals surface area contributed by atoms with Crippen LogP contribution < -0.4 is 9.47 Å². The fourth-order valence-corrected chi connectivity index (χ4v) is 5.29. The van der Waals surface area contributed by atoms with Crippen LogP contribution in [0.2, 0.25) is 0 Å². The van der Waals surface area contributed by atoms with Crippen LogP contribution in [0.4, 0.5) is 0 Å². The first-order chi connectivity index (χ1) is 14.5. The lowest BCUT2D eigenvalue weighted by Gasteiger charge is -2.28. The Bertz CT molecular complexity index is 913. The van der Waals surface area contributed by atoms with Gasteiger partial charge < -0.3 is 14.4 Å². The number of carbonyl (C=O) groups excluding carboxylic acids is 1. The topological polar surface area (TPSA) is 42.0 Å². The van der Waals surface area contributed by atoms with Crippen LogP contribution in [0.5, 0.6) is 11.5 Å². The first-order valence-corrected chi connectivity index (χ1v) is 10.8. The molecule has 1 amide bonds. The van der Waals surface area contributed by atoms with Gasteiger partial charge >= 0.3 is 0 Å². The number of likely N-dealkylation sites (tertiary alicyclic amines) is 2. The second kappa shape index (κ2) is 8.68. The zero-order valence-corrected chi connectivity index (χ0v) is 18.4. The highest BCUT2D eigenvalue weighted by Crippen LogP contribution is 2.45. The summed E-state index contributed by atoms with van der Waals surface area (Å²) in [4.78, 5) is 17.5. The number of methoxy groups -OCH3 is 2. The van der Waals surface area contributed by atoms with Crippen LogP contribution in [0.3, 0.4) is 0 Å². The van der Waals surface area contributed by atoms with Gasteiger partial charge in [0, 0.05) is 38.0 Å². The Kier molecular flexibility index (Phi) is 6.00. The molecule has 0 aromatic heterocycles. The predicted octanol–water partition coefficient (Wildman–Crippen LogP) is 3.71. The molecule has 4 rings (SSSR count). The number of fused-ring (bicyclic) bond motifs is 1. The lowest BCUT2D eigenvalue weighted by atomic mass is 9.88. The van der Waals surface area contributed by atoms with E-state index in [4.69, 9.17) is 9.47 Å². The lowest BCUT2D eigenvalue weighted by molar-refractivity contribution is -0.130. The zero-order chi connectivity index (χ0) is 21.3. The standard InChI is InChI=1S/C25H32N2O3/c1-17-7-5-6-8-20(17)25-21-16-27(15-19(21)14-26(25)2)24(28)12-10-18-9-11-22(29-3)23(13-18)30-4/h5-9,11,13,19,21,25H,10,12,14-16H2,1-4H3/t19-,21+,25-/m0/s1. The highest BCUT2D eigenvalue weighted by atomic mass is 16.5. The molecule has 3 atom stereocenters. The monoisotopic (exact) mass is 408 g/mol. The van der Waals surface area contributed by atoms with Gasteiger partial charge in [0.15, 0.2) is 11.5 Å². The molecule has 2 aliphatic heterocycles. The van der Waals surface area contributed by atoms with E-state index in [1.54, 1.807) is 14.2 Å². The van der Waals surface area contributed by atoms with E-state index in [2.05, 4.69) is 48.0 Å². The summed E-state index contributed by atoms with van der Waals surface area (Å²) in [6, 6.07) is 15.0. The molecule has 2 heterocycles. The van der Waals surface area contributed by atoms with Crippen molar-refractivity contribution in [2.24, 2.45) is 11.8 Å². The molecule has 0 unspecified atom stereocenters. The molecule has 2 aromatic carbocycles. The number of hydrogen-bond acceptors (Lipinski definition) is 4. The summed E-state index contributed by atoms with van der Waals surface area (Å²) in [5.74, 6) is 2.75. The van der Waals surface area contributed by atoms with Gasteiger partial charge in [-0.3, -0.25) is 9.69 Å². The van der Waals surface area contributed by atoms with E-state index >= 15 is 0 Å². The first kappa shape index (κ1) is 20.7. The Morgan fingerprint density at radius 1 is 1.03 bits per heavy atom. The van der Waals surface area contributed by atoms with Gasteiger partial charge in [-0.2, -0.15) is 0 Å². The molecule has 0 bridgehead atoms. The van der Waals surface area contributed by atoms with Gasteiger partial charge in [0.1, 0.15) is 0 Å². The first-order valence-electron chi connectivity index (χ1n) is 10.8. The van der Waals surface area contributed by atoms with Crippen LogP contribution in [-0.2, 0) is 11.2 Å². The minimum Gasteiger partial charge on any atom is -0.493 e. The van der Waals surface area contributed by atoms with Crippen molar-refractivity contribution in [2.75, 3.05) is 40.9 Å². The van der Waals surface area contributed by atoms with Gasteiger partial charge in [0.05, 0.1) is 14.2 Å². The van der Waals surface area contributed by atoms with Crippen LogP contribution in [0.15, 0.2) is 42.5 Å². The van der Waals surface area contributed by atoms with Crippen LogP contribution in [0.1, 0.15) is 29.2 Å². The molecule has 30 heavy (non-hydrogen) atoms. The van der Waals surface area contributed by atoms with Gasteiger partial charge in [0.25, 0.3) is 0 Å². The van der Waals surface area contributed by atoms with Crippen LogP contribution in [-0.4, -0.2) is 56.6 Å². The average Bonchev–Trinajstić information content (AvgIpc) is 3.29. The lowest BCUT2D eigenvalue weighted by Crippen LogP contribution is -2.33. The van der Waals surface area contributed by atoms with E-state index in [9.17, 15) is 4.79 Å². The van der Waals surface area contributed by atoms with Gasteiger partial charge in [0.2, 0.25) is 5.91 Å². The minimum atomic E-state index is 0.255. The molecule has 0 radical (unpaired) electrons. The number of aryl methyl sites for hydroxylation is 2. The maximum Gasteiger partial charge on any atom is 0.222 e. The Hall–Kier alpha value is -2.53. The molecule has 0 saturated carbocycles. The summed E-state index contributed by atoms with van der Waals surface area (Å²) < 4.78 is 10.7. The molecule has 2 saturated heterocycles. The molecule has 2 aliphatic rings. The quantitative estimate of drug-likeness (QED) is 0.731. The van der Waals surface area contributed by atoms with Gasteiger partial charge in [-0.25, -0.2) is 0 Å². The average molecular weight is 409 g/mol. The number of carbonyl (C=O) groups is 1. The summed E-state index contributed by atoms with van der Waals surface area (Å²) in [5, 5.41) is 0. The summed E-state index contributed by atoms with van der Waals surface area (Å²) in [6.45, 7) is 4.99. The van der Waals surface area contributed by atoms with E-state index in [0.717, 1.165) is 25.2 Å². The molecular weight excluding hydrogens is 376 g/mol. The van der Waals surface area contributed by atoms with Gasteiger partial charge in [-0.05, 0) is 55.1 Å². The molecular formula is C25H32N2O3. The third-order valence-corrected chi connectivity index (χ3v) is 6.83. The number of benzene rings is 2. The predicted molar refractivity (Wildman–Crippen MR) is 118 cm³/mol. The summed E-state index contributed by atoms with van der Waals surface area (Å²) in [7, 11) is 5.49. The highest BCUT2D eigenvalue weighted by Gasteiger charge is 2.47. The molecule has 5 nitrogen and oxygen atoms in total. The smallest absolute Gasteiger partial charge is 0.222 e. The second-order valence-corrected chi connectivity index (χ2v) is 8.65. The molecule has 5 heteroatoms. The van der Waals surface area contributed by atoms with E-state index in [0.29, 0.717) is 42.2 Å². The second-order valence-electron chi connectivity index (χ2n) is 8.65. The third kappa shape index (κ3) is 3.91. The van der Waals surface area contributed by atoms with Crippen molar-refractivity contribution in [2.45, 2.75) is 25.8 Å². The summed E-state index contributed by atoms with van der Waals surface area (Å²) in [6.07, 6.45) is 1.24. The van der Waals surface area contributed by atoms with E-state index in [1.165, 1.54) is 11.1 Å². The Morgan fingerprint density at radius 3 is 2.53 bits per heavy atom. The van der Waals surface area contributed by atoms with Crippen LogP contribution >= 0.6 is 0 Å². The van der Waals surface area contributed by atoms with Crippen LogP contribution in [0.25, 0.3) is 0 Å². The van der Waals surface area contributed by atoms with E-state index < -0.39 is 0 Å². The molecule has 2 fully saturated rings. The Balaban J connectivity index is 1.40. The summed E-state index contributed by atoms with van der Waals surface area (Å²) >= 11 is 0.